The number of halogens is 1. The van der Waals surface area contributed by atoms with Gasteiger partial charge in [0.05, 0.1) is 18.4 Å². The van der Waals surface area contributed by atoms with Crippen molar-refractivity contribution in [1.82, 2.24) is 4.98 Å². The molecule has 0 aliphatic carbocycles. The topological polar surface area (TPSA) is 76.1 Å². The number of aromatic nitrogens is 1. The van der Waals surface area contributed by atoms with E-state index in [1.54, 1.807) is 43.5 Å². The lowest BCUT2D eigenvalue weighted by molar-refractivity contribution is 0.102. The maximum Gasteiger partial charge on any atom is 0.173 e. The predicted molar refractivity (Wildman–Crippen MR) is 143 cm³/mol. The average Bonchev–Trinajstić information content (AvgIpc) is 3.36. The van der Waals surface area contributed by atoms with E-state index in [-0.39, 0.29) is 11.5 Å². The molecule has 0 N–H and O–H groups in total. The molecule has 36 heavy (non-hydrogen) atoms. The number of fused-ring (bicyclic) bond motifs is 1. The molecule has 3 aromatic carbocycles. The number of furan rings is 1. The van der Waals surface area contributed by atoms with Crippen LogP contribution in [0.4, 0.5) is 0 Å². The van der Waals surface area contributed by atoms with Gasteiger partial charge in [0.25, 0.3) is 0 Å². The van der Waals surface area contributed by atoms with Gasteiger partial charge >= 0.3 is 0 Å². The molecule has 0 aliphatic rings. The second-order valence-electron chi connectivity index (χ2n) is 7.94. The highest BCUT2D eigenvalue weighted by atomic mass is 35.5. The first kappa shape index (κ1) is 23.7. The molecule has 176 valence electrons. The lowest BCUT2D eigenvalue weighted by Crippen LogP contribution is -2.04. The van der Waals surface area contributed by atoms with Gasteiger partial charge in [0.2, 0.25) is 0 Å². The van der Waals surface area contributed by atoms with Crippen LogP contribution in [-0.2, 0) is 0 Å². The van der Waals surface area contributed by atoms with Crippen LogP contribution in [0.1, 0.15) is 15.9 Å². The first-order chi connectivity index (χ1) is 17.6. The number of carbonyl (C=O) groups excluding carboxylic acids is 1. The summed E-state index contributed by atoms with van der Waals surface area (Å²) in [5.41, 5.74) is 3.79. The summed E-state index contributed by atoms with van der Waals surface area (Å²) in [4.78, 5) is 17.6. The molecule has 0 saturated carbocycles. The number of nitriles is 1. The molecule has 0 atom stereocenters. The lowest BCUT2D eigenvalue weighted by atomic mass is 10.0. The number of hydrogen-bond donors (Lipinski definition) is 0. The Labute approximate surface area is 217 Å². The molecule has 0 fully saturated rings. The number of para-hydroxylation sites is 1. The lowest BCUT2D eigenvalue weighted by Gasteiger charge is -2.11. The summed E-state index contributed by atoms with van der Waals surface area (Å²) in [6, 6.07) is 28.0. The van der Waals surface area contributed by atoms with Gasteiger partial charge in [-0.2, -0.15) is 5.26 Å². The normalized spacial score (nSPS) is 10.8. The fourth-order valence-electron chi connectivity index (χ4n) is 3.82. The summed E-state index contributed by atoms with van der Waals surface area (Å²) in [5, 5.41) is 12.1. The highest BCUT2D eigenvalue weighted by molar-refractivity contribution is 8.00. The van der Waals surface area contributed by atoms with Crippen LogP contribution in [0.2, 0.25) is 5.02 Å². The molecule has 0 radical (unpaired) electrons. The van der Waals surface area contributed by atoms with Crippen molar-refractivity contribution in [1.29, 1.82) is 5.26 Å². The fourth-order valence-corrected chi connectivity index (χ4v) is 4.84. The predicted octanol–water partition coefficient (Wildman–Crippen LogP) is 7.67. The second kappa shape index (κ2) is 10.3. The monoisotopic (exact) mass is 510 g/mol. The molecule has 5 rings (SSSR count). The van der Waals surface area contributed by atoms with E-state index < -0.39 is 0 Å². The molecule has 0 saturated heterocycles. The zero-order valence-corrected chi connectivity index (χ0v) is 20.8. The van der Waals surface area contributed by atoms with Crippen molar-refractivity contribution in [3.05, 3.63) is 101 Å². The SMILES string of the molecule is COc1ccc(C(=O)CSc2nc(-c3cc4ccccc4o3)cc(-c3ccc(Cl)cc3)c2C#N)cc1. The van der Waals surface area contributed by atoms with Crippen LogP contribution < -0.4 is 4.74 Å². The van der Waals surface area contributed by atoms with Crippen LogP contribution >= 0.6 is 23.4 Å². The standard InChI is InChI=1S/C29H19ClN2O3S/c1-34-22-12-8-19(9-13-22)26(33)17-36-29-24(16-31)23(18-6-10-21(30)11-7-18)15-25(32-29)28-14-20-4-2-3-5-27(20)35-28/h2-15H,17H2,1H3. The number of methoxy groups -OCH3 is 1. The van der Waals surface area contributed by atoms with Crippen molar-refractivity contribution in [2.45, 2.75) is 5.03 Å². The third kappa shape index (κ3) is 4.85. The van der Waals surface area contributed by atoms with Crippen LogP contribution in [0.5, 0.6) is 5.75 Å². The van der Waals surface area contributed by atoms with Crippen LogP contribution in [0.25, 0.3) is 33.6 Å². The molecule has 5 aromatic rings. The minimum absolute atomic E-state index is 0.0736. The van der Waals surface area contributed by atoms with Gasteiger partial charge in [-0.1, -0.05) is 53.7 Å². The Morgan fingerprint density at radius 2 is 1.81 bits per heavy atom. The average molecular weight is 511 g/mol. The number of ketones is 1. The van der Waals surface area contributed by atoms with Crippen molar-refractivity contribution in [3.63, 3.8) is 0 Å². The Morgan fingerprint density at radius 1 is 1.06 bits per heavy atom. The van der Waals surface area contributed by atoms with E-state index in [1.165, 1.54) is 11.8 Å². The minimum atomic E-state index is -0.0736. The number of carbonyl (C=O) groups is 1. The highest BCUT2D eigenvalue weighted by Crippen LogP contribution is 2.36. The molecule has 2 heterocycles. The molecule has 0 unspecified atom stereocenters. The van der Waals surface area contributed by atoms with Crippen molar-refractivity contribution in [3.8, 4) is 34.4 Å². The van der Waals surface area contributed by atoms with Gasteiger partial charge in [-0.05, 0) is 60.2 Å². The van der Waals surface area contributed by atoms with Gasteiger partial charge in [0.1, 0.15) is 28.1 Å². The highest BCUT2D eigenvalue weighted by Gasteiger charge is 2.19. The first-order valence-electron chi connectivity index (χ1n) is 11.1. The number of benzene rings is 3. The zero-order chi connectivity index (χ0) is 25.1. The maximum atomic E-state index is 12.9. The Morgan fingerprint density at radius 3 is 2.50 bits per heavy atom. The Balaban J connectivity index is 1.56. The van der Waals surface area contributed by atoms with Crippen LogP contribution in [-0.4, -0.2) is 23.6 Å². The minimum Gasteiger partial charge on any atom is -0.497 e. The number of ether oxygens (including phenoxy) is 1. The van der Waals surface area contributed by atoms with Gasteiger partial charge in [-0.3, -0.25) is 4.79 Å². The Bertz CT molecular complexity index is 1570. The number of hydrogen-bond acceptors (Lipinski definition) is 6. The van der Waals surface area contributed by atoms with E-state index in [0.29, 0.717) is 43.9 Å². The van der Waals surface area contributed by atoms with E-state index >= 15 is 0 Å². The Kier molecular flexibility index (Phi) is 6.77. The second-order valence-corrected chi connectivity index (χ2v) is 9.34. The van der Waals surface area contributed by atoms with Gasteiger partial charge in [0, 0.05) is 21.5 Å². The maximum absolute atomic E-state index is 12.9. The molecule has 0 spiro atoms. The summed E-state index contributed by atoms with van der Waals surface area (Å²) in [7, 11) is 1.58. The smallest absolute Gasteiger partial charge is 0.173 e. The summed E-state index contributed by atoms with van der Waals surface area (Å²) < 4.78 is 11.2. The molecule has 0 aliphatic heterocycles. The van der Waals surface area contributed by atoms with Crippen molar-refractivity contribution < 1.29 is 13.9 Å². The van der Waals surface area contributed by atoms with E-state index in [9.17, 15) is 10.1 Å². The van der Waals surface area contributed by atoms with Crippen LogP contribution in [0, 0.1) is 11.3 Å². The number of thioether (sulfide) groups is 1. The van der Waals surface area contributed by atoms with Crippen LogP contribution in [0.3, 0.4) is 0 Å². The third-order valence-electron chi connectivity index (χ3n) is 5.68. The molecular formula is C29H19ClN2O3S. The number of nitrogens with zero attached hydrogens (tertiary/aromatic N) is 2. The quantitative estimate of drug-likeness (QED) is 0.165. The number of pyridine rings is 1. The molecular weight excluding hydrogens is 492 g/mol. The van der Waals surface area contributed by atoms with E-state index in [2.05, 4.69) is 6.07 Å². The first-order valence-corrected chi connectivity index (χ1v) is 12.4. The fraction of sp³-hybridized carbons (Fsp3) is 0.0690. The van der Waals surface area contributed by atoms with E-state index in [4.69, 9.17) is 25.7 Å². The summed E-state index contributed by atoms with van der Waals surface area (Å²) in [5.74, 6) is 1.31. The van der Waals surface area contributed by atoms with Gasteiger partial charge in [-0.25, -0.2) is 4.98 Å². The molecule has 7 heteroatoms. The van der Waals surface area contributed by atoms with Gasteiger partial charge in [0.15, 0.2) is 11.5 Å². The van der Waals surface area contributed by atoms with E-state index in [1.807, 2.05) is 48.5 Å². The van der Waals surface area contributed by atoms with Crippen molar-refractivity contribution >= 4 is 40.1 Å². The third-order valence-corrected chi connectivity index (χ3v) is 6.91. The molecule has 2 aromatic heterocycles. The Hall–Kier alpha value is -4.05. The number of Topliss-reactive ketones (excluding diaryl/α,β-unsaturated/α-hetero) is 1. The summed E-state index contributed by atoms with van der Waals surface area (Å²) in [6.45, 7) is 0. The largest absolute Gasteiger partial charge is 0.497 e. The number of rotatable bonds is 7. The van der Waals surface area contributed by atoms with E-state index in [0.717, 1.165) is 16.5 Å². The van der Waals surface area contributed by atoms with Gasteiger partial charge < -0.3 is 9.15 Å². The van der Waals surface area contributed by atoms with Crippen molar-refractivity contribution in [2.24, 2.45) is 0 Å². The molecule has 0 amide bonds. The zero-order valence-electron chi connectivity index (χ0n) is 19.2. The molecule has 0 bridgehead atoms. The van der Waals surface area contributed by atoms with Crippen molar-refractivity contribution in [2.75, 3.05) is 12.9 Å². The summed E-state index contributed by atoms with van der Waals surface area (Å²) in [6.07, 6.45) is 0. The molecule has 5 nitrogen and oxygen atoms in total. The van der Waals surface area contributed by atoms with Gasteiger partial charge in [-0.15, -0.1) is 0 Å². The van der Waals surface area contributed by atoms with Crippen LogP contribution in [0.15, 0.2) is 94.4 Å². The summed E-state index contributed by atoms with van der Waals surface area (Å²) >= 11 is 7.33.